The zero-order chi connectivity index (χ0) is 20.0. The van der Waals surface area contributed by atoms with Crippen LogP contribution in [0.15, 0.2) is 36.5 Å². The van der Waals surface area contributed by atoms with Crippen molar-refractivity contribution >= 4 is 29.3 Å². The number of benzene rings is 1. The van der Waals surface area contributed by atoms with E-state index in [4.69, 9.17) is 4.74 Å². The minimum atomic E-state index is -0.792. The first-order chi connectivity index (χ1) is 12.8. The number of nitrogens with zero attached hydrogens (tertiary/aromatic N) is 1. The summed E-state index contributed by atoms with van der Waals surface area (Å²) < 4.78 is 17.7. The molecule has 2 amide bonds. The number of carbonyl (C=O) groups is 4. The maximum Gasteiger partial charge on any atom is 0.355 e. The molecule has 9 heteroatoms. The predicted octanol–water partition coefficient (Wildman–Crippen LogP) is 1.61. The number of Topliss-reactive ketones (excluding diaryl/α,β-unsaturated/α-hetero) is 1. The van der Waals surface area contributed by atoms with E-state index < -0.39 is 30.2 Å². The fraction of sp³-hybridized carbons (Fsp3) is 0.222. The zero-order valence-corrected chi connectivity index (χ0v) is 14.7. The molecule has 142 valence electrons. The summed E-state index contributed by atoms with van der Waals surface area (Å²) >= 11 is 0. The highest BCUT2D eigenvalue weighted by Crippen LogP contribution is 2.08. The lowest BCUT2D eigenvalue weighted by Gasteiger charge is -2.16. The Bertz CT molecular complexity index is 860. The van der Waals surface area contributed by atoms with Gasteiger partial charge in [-0.15, -0.1) is 0 Å². The quantitative estimate of drug-likeness (QED) is 0.565. The fourth-order valence-electron chi connectivity index (χ4n) is 2.07. The number of rotatable bonds is 7. The fourth-order valence-corrected chi connectivity index (χ4v) is 2.07. The Labute approximate surface area is 154 Å². The smallest absolute Gasteiger partial charge is 0.355 e. The molecule has 2 aromatic rings. The second-order valence-corrected chi connectivity index (χ2v) is 5.74. The molecule has 0 saturated heterocycles. The van der Waals surface area contributed by atoms with Crippen LogP contribution in [0.5, 0.6) is 0 Å². The molecule has 27 heavy (non-hydrogen) atoms. The molecule has 0 aliphatic heterocycles. The maximum absolute atomic E-state index is 12.8. The number of hydrogen-bond donors (Lipinski definition) is 2. The van der Waals surface area contributed by atoms with Crippen LogP contribution in [0.1, 0.15) is 27.8 Å². The zero-order valence-electron chi connectivity index (χ0n) is 14.7. The molecule has 2 N–H and O–H groups in total. The highest BCUT2D eigenvalue weighted by Gasteiger charge is 2.17. The third kappa shape index (κ3) is 5.77. The highest BCUT2D eigenvalue weighted by atomic mass is 19.1. The van der Waals surface area contributed by atoms with Crippen LogP contribution >= 0.6 is 0 Å². The van der Waals surface area contributed by atoms with Crippen LogP contribution < -0.4 is 5.32 Å². The van der Waals surface area contributed by atoms with E-state index in [2.05, 4.69) is 10.3 Å². The number of anilines is 1. The number of halogens is 1. The van der Waals surface area contributed by atoms with E-state index in [1.54, 1.807) is 0 Å². The van der Waals surface area contributed by atoms with Crippen LogP contribution in [0.3, 0.4) is 0 Å². The standard InChI is InChI=1S/C18H18FN3O5/c1-11(23)12-7-15(20-8-12)18(26)27-10-17(25)22(2)9-16(24)21-14-5-3-13(19)4-6-14/h3-8,20H,9-10H2,1-2H3,(H,21,24). The number of likely N-dealkylation sites (N-methyl/N-ethyl adjacent to an activating group) is 1. The van der Waals surface area contributed by atoms with Gasteiger partial charge in [0.25, 0.3) is 5.91 Å². The molecule has 0 fully saturated rings. The van der Waals surface area contributed by atoms with Crippen LogP contribution in [0, 0.1) is 5.82 Å². The number of aromatic nitrogens is 1. The van der Waals surface area contributed by atoms with Crippen molar-refractivity contribution in [2.24, 2.45) is 0 Å². The first-order valence-electron chi connectivity index (χ1n) is 7.92. The molecule has 1 heterocycles. The van der Waals surface area contributed by atoms with E-state index in [0.717, 1.165) is 4.90 Å². The molecule has 0 unspecified atom stereocenters. The first-order valence-corrected chi connectivity index (χ1v) is 7.92. The van der Waals surface area contributed by atoms with Gasteiger partial charge in [0.1, 0.15) is 11.5 Å². The van der Waals surface area contributed by atoms with Crippen molar-refractivity contribution in [3.63, 3.8) is 0 Å². The number of esters is 1. The molecule has 8 nitrogen and oxygen atoms in total. The van der Waals surface area contributed by atoms with Crippen molar-refractivity contribution < 1.29 is 28.3 Å². The molecule has 2 rings (SSSR count). The Morgan fingerprint density at radius 2 is 1.85 bits per heavy atom. The van der Waals surface area contributed by atoms with Crippen molar-refractivity contribution in [2.45, 2.75) is 6.92 Å². The number of nitrogens with one attached hydrogen (secondary N) is 2. The summed E-state index contributed by atoms with van der Waals surface area (Å²) in [5, 5.41) is 2.51. The summed E-state index contributed by atoms with van der Waals surface area (Å²) in [5.74, 6) is -2.51. The number of amides is 2. The second kappa shape index (κ2) is 8.75. The van der Waals surface area contributed by atoms with Gasteiger partial charge in [0, 0.05) is 24.5 Å². The van der Waals surface area contributed by atoms with Crippen LogP contribution in [0.4, 0.5) is 10.1 Å². The van der Waals surface area contributed by atoms with E-state index in [9.17, 15) is 23.6 Å². The number of H-pyrrole nitrogens is 1. The van der Waals surface area contributed by atoms with Crippen LogP contribution in [-0.2, 0) is 14.3 Å². The molecule has 1 aromatic carbocycles. The van der Waals surface area contributed by atoms with Crippen LogP contribution in [0.2, 0.25) is 0 Å². The Hall–Kier alpha value is -3.49. The topological polar surface area (TPSA) is 109 Å². The first kappa shape index (κ1) is 19.8. The maximum atomic E-state index is 12.8. The van der Waals surface area contributed by atoms with Gasteiger partial charge in [0.2, 0.25) is 5.91 Å². The van der Waals surface area contributed by atoms with Crippen molar-refractivity contribution in [1.29, 1.82) is 0 Å². The Kier molecular flexibility index (Phi) is 6.42. The molecule has 0 aliphatic carbocycles. The summed E-state index contributed by atoms with van der Waals surface area (Å²) in [6.07, 6.45) is 1.37. The molecule has 0 spiro atoms. The molecule has 0 saturated carbocycles. The SMILES string of the molecule is CC(=O)c1c[nH]c(C(=O)OCC(=O)N(C)CC(=O)Nc2ccc(F)cc2)c1. The van der Waals surface area contributed by atoms with Gasteiger partial charge in [-0.1, -0.05) is 0 Å². The average molecular weight is 375 g/mol. The summed E-state index contributed by atoms with van der Waals surface area (Å²) in [6.45, 7) is 0.520. The van der Waals surface area contributed by atoms with Crippen LogP contribution in [-0.4, -0.2) is 53.7 Å². The summed E-state index contributed by atoms with van der Waals surface area (Å²) in [4.78, 5) is 50.6. The van der Waals surface area contributed by atoms with Crippen molar-refractivity contribution in [2.75, 3.05) is 25.5 Å². The predicted molar refractivity (Wildman–Crippen MR) is 93.7 cm³/mol. The molecule has 1 aromatic heterocycles. The number of hydrogen-bond acceptors (Lipinski definition) is 5. The van der Waals surface area contributed by atoms with Gasteiger partial charge in [-0.25, -0.2) is 9.18 Å². The summed E-state index contributed by atoms with van der Waals surface area (Å²) in [7, 11) is 1.38. The Morgan fingerprint density at radius 3 is 2.44 bits per heavy atom. The largest absolute Gasteiger partial charge is 0.451 e. The number of ether oxygens (including phenoxy) is 1. The van der Waals surface area contributed by atoms with E-state index in [1.165, 1.54) is 50.5 Å². The van der Waals surface area contributed by atoms with E-state index in [0.29, 0.717) is 11.3 Å². The second-order valence-electron chi connectivity index (χ2n) is 5.74. The van der Waals surface area contributed by atoms with Gasteiger partial charge in [-0.05, 0) is 37.3 Å². The van der Waals surface area contributed by atoms with Gasteiger partial charge >= 0.3 is 5.97 Å². The molecule has 0 radical (unpaired) electrons. The summed E-state index contributed by atoms with van der Waals surface area (Å²) in [5.41, 5.74) is 0.759. The minimum Gasteiger partial charge on any atom is -0.451 e. The van der Waals surface area contributed by atoms with Gasteiger partial charge in [-0.2, -0.15) is 0 Å². The van der Waals surface area contributed by atoms with Gasteiger partial charge < -0.3 is 19.9 Å². The van der Waals surface area contributed by atoms with E-state index in [1.807, 2.05) is 0 Å². The van der Waals surface area contributed by atoms with Gasteiger partial charge in [-0.3, -0.25) is 14.4 Å². The average Bonchev–Trinajstić information content (AvgIpc) is 3.11. The van der Waals surface area contributed by atoms with Gasteiger partial charge in [0.15, 0.2) is 12.4 Å². The number of aromatic amines is 1. The highest BCUT2D eigenvalue weighted by molar-refractivity contribution is 5.98. The van der Waals surface area contributed by atoms with Gasteiger partial charge in [0.05, 0.1) is 6.54 Å². The molecule has 0 bridgehead atoms. The minimum absolute atomic E-state index is 0.0460. The van der Waals surface area contributed by atoms with Crippen molar-refractivity contribution in [3.05, 3.63) is 53.6 Å². The lowest BCUT2D eigenvalue weighted by Crippen LogP contribution is -2.37. The Morgan fingerprint density at radius 1 is 1.19 bits per heavy atom. The Balaban J connectivity index is 1.80. The third-order valence-corrected chi connectivity index (χ3v) is 3.57. The normalized spacial score (nSPS) is 10.2. The number of ketones is 1. The monoisotopic (exact) mass is 375 g/mol. The lowest BCUT2D eigenvalue weighted by molar-refractivity contribution is -0.136. The number of carbonyl (C=O) groups excluding carboxylic acids is 4. The molecule has 0 aliphatic rings. The molecule has 0 atom stereocenters. The summed E-state index contributed by atoms with van der Waals surface area (Å²) in [6, 6.07) is 6.50. The van der Waals surface area contributed by atoms with E-state index >= 15 is 0 Å². The third-order valence-electron chi connectivity index (χ3n) is 3.57. The van der Waals surface area contributed by atoms with Crippen molar-refractivity contribution in [3.8, 4) is 0 Å². The molecular weight excluding hydrogens is 357 g/mol. The lowest BCUT2D eigenvalue weighted by atomic mass is 10.2. The molecular formula is C18H18FN3O5. The van der Waals surface area contributed by atoms with Crippen molar-refractivity contribution in [1.82, 2.24) is 9.88 Å². The van der Waals surface area contributed by atoms with Crippen LogP contribution in [0.25, 0.3) is 0 Å². The van der Waals surface area contributed by atoms with E-state index in [-0.39, 0.29) is 18.0 Å².